The quantitative estimate of drug-likeness (QED) is 0.543. The summed E-state index contributed by atoms with van der Waals surface area (Å²) in [6.07, 6.45) is 1.75. The Morgan fingerprint density at radius 2 is 1.53 bits per heavy atom. The lowest BCUT2D eigenvalue weighted by Gasteiger charge is -2.10. The maximum absolute atomic E-state index is 7.00. The van der Waals surface area contributed by atoms with Crippen molar-refractivity contribution in [3.63, 3.8) is 0 Å². The standard InChI is InChI=1S/C22H20N4O2.CH4O/c1-15-24-25-22(26(15)19-11-12-21(28-3)23-14-19)17-9-7-16(8-10-17)18-5-4-6-20(13-18)27-2;1-2/h4-14H,1-3H3;2H,1H3. The van der Waals surface area contributed by atoms with Crippen LogP contribution in [0.3, 0.4) is 0 Å². The monoisotopic (exact) mass is 404 g/mol. The molecule has 0 amide bonds. The molecule has 0 fully saturated rings. The summed E-state index contributed by atoms with van der Waals surface area (Å²) < 4.78 is 12.4. The number of nitrogens with zero attached hydrogens (tertiary/aromatic N) is 4. The van der Waals surface area contributed by atoms with Crippen LogP contribution in [0.2, 0.25) is 0 Å². The first-order valence-electron chi connectivity index (χ1n) is 9.31. The van der Waals surface area contributed by atoms with E-state index >= 15 is 0 Å². The summed E-state index contributed by atoms with van der Waals surface area (Å²) in [5.74, 6) is 2.96. The van der Waals surface area contributed by atoms with Gasteiger partial charge in [-0.2, -0.15) is 0 Å². The van der Waals surface area contributed by atoms with E-state index in [1.54, 1.807) is 20.4 Å². The molecule has 0 aliphatic rings. The molecule has 0 bridgehead atoms. The van der Waals surface area contributed by atoms with Crippen molar-refractivity contribution >= 4 is 0 Å². The number of hydrogen-bond donors (Lipinski definition) is 1. The highest BCUT2D eigenvalue weighted by Gasteiger charge is 2.13. The molecule has 0 unspecified atom stereocenters. The Kier molecular flexibility index (Phi) is 6.77. The number of pyridine rings is 1. The lowest BCUT2D eigenvalue weighted by atomic mass is 10.0. The van der Waals surface area contributed by atoms with Gasteiger partial charge in [0, 0.05) is 18.7 Å². The van der Waals surface area contributed by atoms with E-state index in [1.807, 2.05) is 54.0 Å². The third kappa shape index (κ3) is 4.31. The van der Waals surface area contributed by atoms with Gasteiger partial charge in [-0.25, -0.2) is 4.98 Å². The van der Waals surface area contributed by atoms with Crippen LogP contribution in [0.15, 0.2) is 66.9 Å². The van der Waals surface area contributed by atoms with Crippen molar-refractivity contribution < 1.29 is 14.6 Å². The molecule has 0 spiro atoms. The topological polar surface area (TPSA) is 82.3 Å². The minimum absolute atomic E-state index is 0.568. The van der Waals surface area contributed by atoms with E-state index in [0.717, 1.165) is 46.9 Å². The smallest absolute Gasteiger partial charge is 0.213 e. The van der Waals surface area contributed by atoms with Gasteiger partial charge < -0.3 is 14.6 Å². The number of ether oxygens (including phenoxy) is 2. The Morgan fingerprint density at radius 1 is 0.800 bits per heavy atom. The lowest BCUT2D eigenvalue weighted by molar-refractivity contribution is 0.398. The highest BCUT2D eigenvalue weighted by atomic mass is 16.5. The molecule has 0 saturated heterocycles. The Balaban J connectivity index is 0.00000124. The van der Waals surface area contributed by atoms with Crippen LogP contribution in [0.1, 0.15) is 5.82 Å². The maximum Gasteiger partial charge on any atom is 0.213 e. The fourth-order valence-corrected chi connectivity index (χ4v) is 3.10. The molecule has 7 nitrogen and oxygen atoms in total. The average molecular weight is 404 g/mol. The molecule has 1 N–H and O–H groups in total. The first-order valence-corrected chi connectivity index (χ1v) is 9.31. The molecular formula is C23H24N4O3. The number of aliphatic hydroxyl groups excluding tert-OH is 1. The van der Waals surface area contributed by atoms with Crippen molar-refractivity contribution in [1.29, 1.82) is 0 Å². The molecule has 4 rings (SSSR count). The normalized spacial score (nSPS) is 10.2. The largest absolute Gasteiger partial charge is 0.497 e. The van der Waals surface area contributed by atoms with Crippen LogP contribution in [-0.2, 0) is 0 Å². The predicted octanol–water partition coefficient (Wildman–Crippen LogP) is 3.93. The molecular weight excluding hydrogens is 380 g/mol. The van der Waals surface area contributed by atoms with Gasteiger partial charge in [-0.05, 0) is 36.2 Å². The van der Waals surface area contributed by atoms with Crippen LogP contribution < -0.4 is 9.47 Å². The molecule has 2 heterocycles. The molecule has 7 heteroatoms. The molecule has 2 aromatic heterocycles. The molecule has 2 aromatic carbocycles. The second-order valence-corrected chi connectivity index (χ2v) is 6.27. The van der Waals surface area contributed by atoms with E-state index in [9.17, 15) is 0 Å². The summed E-state index contributed by atoms with van der Waals surface area (Å²) in [5, 5.41) is 15.6. The fourth-order valence-electron chi connectivity index (χ4n) is 3.10. The molecule has 154 valence electrons. The molecule has 0 saturated carbocycles. The first-order chi connectivity index (χ1) is 14.7. The Hall–Kier alpha value is -3.71. The molecule has 0 aliphatic carbocycles. The van der Waals surface area contributed by atoms with Crippen LogP contribution in [0, 0.1) is 6.92 Å². The van der Waals surface area contributed by atoms with E-state index in [1.165, 1.54) is 0 Å². The SMILES string of the molecule is CO.COc1cccc(-c2ccc(-c3nnc(C)n3-c3ccc(OC)nc3)cc2)c1. The van der Waals surface area contributed by atoms with E-state index in [4.69, 9.17) is 14.6 Å². The van der Waals surface area contributed by atoms with Gasteiger partial charge in [-0.15, -0.1) is 10.2 Å². The minimum Gasteiger partial charge on any atom is -0.497 e. The van der Waals surface area contributed by atoms with Crippen LogP contribution in [0.4, 0.5) is 0 Å². The number of methoxy groups -OCH3 is 2. The second-order valence-electron chi connectivity index (χ2n) is 6.27. The van der Waals surface area contributed by atoms with Crippen LogP contribution >= 0.6 is 0 Å². The highest BCUT2D eigenvalue weighted by Crippen LogP contribution is 2.28. The number of hydrogen-bond acceptors (Lipinski definition) is 6. The van der Waals surface area contributed by atoms with Gasteiger partial charge in [0.15, 0.2) is 5.82 Å². The predicted molar refractivity (Wildman–Crippen MR) is 116 cm³/mol. The van der Waals surface area contributed by atoms with Gasteiger partial charge in [0.1, 0.15) is 11.6 Å². The van der Waals surface area contributed by atoms with Gasteiger partial charge >= 0.3 is 0 Å². The van der Waals surface area contributed by atoms with Crippen molar-refractivity contribution in [2.45, 2.75) is 6.92 Å². The number of aliphatic hydroxyl groups is 1. The zero-order valence-electron chi connectivity index (χ0n) is 17.4. The van der Waals surface area contributed by atoms with E-state index < -0.39 is 0 Å². The summed E-state index contributed by atoms with van der Waals surface area (Å²) in [6.45, 7) is 1.92. The zero-order valence-corrected chi connectivity index (χ0v) is 17.4. The maximum atomic E-state index is 7.00. The van der Waals surface area contributed by atoms with E-state index in [2.05, 4.69) is 33.4 Å². The molecule has 4 aromatic rings. The van der Waals surface area contributed by atoms with Gasteiger partial charge in [0.05, 0.1) is 26.1 Å². The second kappa shape index (κ2) is 9.67. The number of rotatable bonds is 5. The minimum atomic E-state index is 0.568. The van der Waals surface area contributed by atoms with Crippen molar-refractivity contribution in [2.75, 3.05) is 21.3 Å². The first kappa shape index (κ1) is 21.0. The molecule has 30 heavy (non-hydrogen) atoms. The van der Waals surface area contributed by atoms with Crippen LogP contribution in [0.25, 0.3) is 28.2 Å². The third-order valence-corrected chi connectivity index (χ3v) is 4.56. The summed E-state index contributed by atoms with van der Waals surface area (Å²) >= 11 is 0. The molecule has 0 atom stereocenters. The summed E-state index contributed by atoms with van der Waals surface area (Å²) in [6, 6.07) is 20.0. The van der Waals surface area contributed by atoms with Crippen LogP contribution in [0.5, 0.6) is 11.6 Å². The van der Waals surface area contributed by atoms with Gasteiger partial charge in [0.25, 0.3) is 0 Å². The molecule has 0 radical (unpaired) electrons. The Morgan fingerprint density at radius 3 is 2.17 bits per heavy atom. The van der Waals surface area contributed by atoms with Crippen molar-refractivity contribution in [3.8, 4) is 39.8 Å². The fraction of sp³-hybridized carbons (Fsp3) is 0.174. The lowest BCUT2D eigenvalue weighted by Crippen LogP contribution is -2.01. The van der Waals surface area contributed by atoms with E-state index in [-0.39, 0.29) is 0 Å². The highest BCUT2D eigenvalue weighted by molar-refractivity contribution is 5.69. The summed E-state index contributed by atoms with van der Waals surface area (Å²) in [5.41, 5.74) is 4.07. The van der Waals surface area contributed by atoms with Gasteiger partial charge in [-0.1, -0.05) is 36.4 Å². The van der Waals surface area contributed by atoms with Crippen molar-refractivity contribution in [3.05, 3.63) is 72.7 Å². The van der Waals surface area contributed by atoms with Gasteiger partial charge in [-0.3, -0.25) is 4.57 Å². The van der Waals surface area contributed by atoms with Gasteiger partial charge in [0.2, 0.25) is 5.88 Å². The zero-order chi connectivity index (χ0) is 21.5. The third-order valence-electron chi connectivity index (χ3n) is 4.56. The van der Waals surface area contributed by atoms with E-state index in [0.29, 0.717) is 5.88 Å². The average Bonchev–Trinajstić information content (AvgIpc) is 3.22. The number of aromatic nitrogens is 4. The van der Waals surface area contributed by atoms with Crippen molar-refractivity contribution in [2.24, 2.45) is 0 Å². The number of aryl methyl sites for hydroxylation is 1. The van der Waals surface area contributed by atoms with Crippen LogP contribution in [-0.4, -0.2) is 46.2 Å². The summed E-state index contributed by atoms with van der Waals surface area (Å²) in [4.78, 5) is 4.29. The Bertz CT molecular complexity index is 1090. The summed E-state index contributed by atoms with van der Waals surface area (Å²) in [7, 11) is 4.27. The van der Waals surface area contributed by atoms with Crippen molar-refractivity contribution in [1.82, 2.24) is 19.7 Å². The number of benzene rings is 2. The molecule has 0 aliphatic heterocycles. The Labute approximate surface area is 175 Å².